The fourth-order valence-electron chi connectivity index (χ4n) is 2.54. The maximum Gasteiger partial charge on any atom is 0.219 e. The summed E-state index contributed by atoms with van der Waals surface area (Å²) in [6.07, 6.45) is 2.60. The molecule has 0 bridgehead atoms. The van der Waals surface area contributed by atoms with Crippen LogP contribution in [0.5, 0.6) is 17.4 Å². The quantitative estimate of drug-likeness (QED) is 0.655. The van der Waals surface area contributed by atoms with Crippen LogP contribution in [0.3, 0.4) is 0 Å². The van der Waals surface area contributed by atoms with Crippen LogP contribution in [-0.2, 0) is 0 Å². The van der Waals surface area contributed by atoms with Gasteiger partial charge in [-0.2, -0.15) is 0 Å². The van der Waals surface area contributed by atoms with Gasteiger partial charge in [-0.1, -0.05) is 18.2 Å². The van der Waals surface area contributed by atoms with Crippen LogP contribution >= 0.6 is 0 Å². The number of rotatable bonds is 5. The third-order valence-corrected chi connectivity index (χ3v) is 4.12. The molecular formula is C20H19NO2. The summed E-state index contributed by atoms with van der Waals surface area (Å²) in [5, 5.41) is 1.11. The highest BCUT2D eigenvalue weighted by Crippen LogP contribution is 2.31. The molecule has 23 heavy (non-hydrogen) atoms. The van der Waals surface area contributed by atoms with Crippen LogP contribution in [0, 0.1) is 12.8 Å². The topological polar surface area (TPSA) is 31.4 Å². The lowest BCUT2D eigenvalue weighted by Crippen LogP contribution is -1.99. The minimum absolute atomic E-state index is 0.610. The first-order valence-corrected chi connectivity index (χ1v) is 8.05. The number of aryl methyl sites for hydroxylation is 1. The summed E-state index contributed by atoms with van der Waals surface area (Å²) in [5.41, 5.74) is 1.99. The molecule has 0 unspecified atom stereocenters. The summed E-state index contributed by atoms with van der Waals surface area (Å²) >= 11 is 0. The molecule has 1 heterocycles. The first kappa shape index (κ1) is 14.1. The molecule has 0 spiro atoms. The van der Waals surface area contributed by atoms with E-state index in [1.807, 2.05) is 61.5 Å². The highest BCUT2D eigenvalue weighted by Gasteiger charge is 2.21. The molecular weight excluding hydrogens is 286 g/mol. The zero-order chi connectivity index (χ0) is 15.6. The summed E-state index contributed by atoms with van der Waals surface area (Å²) in [6, 6.07) is 17.9. The van der Waals surface area contributed by atoms with Crippen molar-refractivity contribution in [3.8, 4) is 17.4 Å². The second-order valence-corrected chi connectivity index (χ2v) is 6.13. The molecule has 3 heteroatoms. The monoisotopic (exact) mass is 305 g/mol. The van der Waals surface area contributed by atoms with Crippen LogP contribution in [0.2, 0.25) is 0 Å². The van der Waals surface area contributed by atoms with Gasteiger partial charge >= 0.3 is 0 Å². The second-order valence-electron chi connectivity index (χ2n) is 6.13. The van der Waals surface area contributed by atoms with Gasteiger partial charge in [0.2, 0.25) is 5.88 Å². The second kappa shape index (κ2) is 5.92. The van der Waals surface area contributed by atoms with Gasteiger partial charge in [-0.05, 0) is 61.6 Å². The lowest BCUT2D eigenvalue weighted by molar-refractivity contribution is 0.299. The molecule has 3 nitrogen and oxygen atoms in total. The fourth-order valence-corrected chi connectivity index (χ4v) is 2.54. The maximum absolute atomic E-state index is 5.94. The minimum atomic E-state index is 0.610. The van der Waals surface area contributed by atoms with E-state index in [9.17, 15) is 0 Å². The van der Waals surface area contributed by atoms with Gasteiger partial charge in [0.1, 0.15) is 11.5 Å². The van der Waals surface area contributed by atoms with Crippen molar-refractivity contribution in [1.29, 1.82) is 0 Å². The van der Waals surface area contributed by atoms with Gasteiger partial charge in [-0.15, -0.1) is 0 Å². The Morgan fingerprint density at radius 2 is 1.91 bits per heavy atom. The number of ether oxygens (including phenoxy) is 2. The van der Waals surface area contributed by atoms with E-state index in [-0.39, 0.29) is 0 Å². The zero-order valence-corrected chi connectivity index (χ0v) is 13.2. The molecule has 1 aliphatic carbocycles. The Morgan fingerprint density at radius 1 is 1.04 bits per heavy atom. The van der Waals surface area contributed by atoms with Gasteiger partial charge in [0.25, 0.3) is 0 Å². The highest BCUT2D eigenvalue weighted by molar-refractivity contribution is 5.78. The number of nitrogens with zero attached hydrogens (tertiary/aromatic N) is 1. The van der Waals surface area contributed by atoms with Crippen LogP contribution in [-0.4, -0.2) is 11.6 Å². The largest absolute Gasteiger partial charge is 0.493 e. The zero-order valence-electron chi connectivity index (χ0n) is 13.2. The molecule has 0 saturated heterocycles. The van der Waals surface area contributed by atoms with Gasteiger partial charge in [0.15, 0.2) is 0 Å². The Balaban J connectivity index is 1.52. The molecule has 2 aromatic carbocycles. The smallest absolute Gasteiger partial charge is 0.219 e. The molecule has 4 rings (SSSR count). The minimum Gasteiger partial charge on any atom is -0.493 e. The number of hydrogen-bond acceptors (Lipinski definition) is 3. The van der Waals surface area contributed by atoms with Gasteiger partial charge in [-0.3, -0.25) is 0 Å². The Labute approximate surface area is 135 Å². The lowest BCUT2D eigenvalue weighted by Gasteiger charge is -2.11. The van der Waals surface area contributed by atoms with Crippen molar-refractivity contribution in [1.82, 2.24) is 4.98 Å². The van der Waals surface area contributed by atoms with Crippen molar-refractivity contribution < 1.29 is 9.47 Å². The summed E-state index contributed by atoms with van der Waals surface area (Å²) in [7, 11) is 0. The first-order chi connectivity index (χ1) is 11.3. The Morgan fingerprint density at radius 3 is 2.74 bits per heavy atom. The molecule has 1 aliphatic rings. The number of aromatic nitrogens is 1. The molecule has 1 saturated carbocycles. The van der Waals surface area contributed by atoms with E-state index >= 15 is 0 Å². The first-order valence-electron chi connectivity index (χ1n) is 8.05. The van der Waals surface area contributed by atoms with Gasteiger partial charge in [0.05, 0.1) is 12.1 Å². The third-order valence-electron chi connectivity index (χ3n) is 4.12. The number of para-hydroxylation sites is 1. The normalized spacial score (nSPS) is 14.0. The predicted octanol–water partition coefficient (Wildman–Crippen LogP) is 5.12. The van der Waals surface area contributed by atoms with Crippen molar-refractivity contribution in [2.24, 2.45) is 5.92 Å². The van der Waals surface area contributed by atoms with Crippen molar-refractivity contribution in [3.05, 3.63) is 60.2 Å². The number of pyridine rings is 1. The van der Waals surface area contributed by atoms with Crippen molar-refractivity contribution in [2.75, 3.05) is 6.61 Å². The van der Waals surface area contributed by atoms with Crippen LogP contribution < -0.4 is 9.47 Å². The Hall–Kier alpha value is -2.55. The maximum atomic E-state index is 5.94. The molecule has 0 N–H and O–H groups in total. The summed E-state index contributed by atoms with van der Waals surface area (Å²) < 4.78 is 11.7. The van der Waals surface area contributed by atoms with Crippen LogP contribution in [0.15, 0.2) is 54.6 Å². The van der Waals surface area contributed by atoms with Crippen molar-refractivity contribution in [3.63, 3.8) is 0 Å². The molecule has 116 valence electrons. The van der Waals surface area contributed by atoms with Crippen molar-refractivity contribution in [2.45, 2.75) is 19.8 Å². The van der Waals surface area contributed by atoms with E-state index in [0.717, 1.165) is 40.5 Å². The average molecular weight is 305 g/mol. The molecule has 0 radical (unpaired) electrons. The van der Waals surface area contributed by atoms with Crippen molar-refractivity contribution >= 4 is 10.9 Å². The van der Waals surface area contributed by atoms with E-state index in [0.29, 0.717) is 5.88 Å². The van der Waals surface area contributed by atoms with Gasteiger partial charge in [-0.25, -0.2) is 4.98 Å². The summed E-state index contributed by atoms with van der Waals surface area (Å²) in [5.74, 6) is 3.09. The van der Waals surface area contributed by atoms with E-state index in [2.05, 4.69) is 4.98 Å². The standard InChI is InChI=1S/C20H19NO2/c1-14-12-17(22-13-15-6-7-15)9-10-19(14)23-20-11-8-16-4-2-3-5-18(16)21-20/h2-5,8-12,15H,6-7,13H2,1H3. The lowest BCUT2D eigenvalue weighted by atomic mass is 10.2. The predicted molar refractivity (Wildman–Crippen MR) is 91.2 cm³/mol. The SMILES string of the molecule is Cc1cc(OCC2CC2)ccc1Oc1ccc2ccccc2n1. The molecule has 0 aliphatic heterocycles. The Bertz CT molecular complexity index is 840. The van der Waals surface area contributed by atoms with E-state index < -0.39 is 0 Å². The Kier molecular flexibility index (Phi) is 3.62. The molecule has 0 amide bonds. The van der Waals surface area contributed by atoms with E-state index in [4.69, 9.17) is 9.47 Å². The van der Waals surface area contributed by atoms with Crippen LogP contribution in [0.25, 0.3) is 10.9 Å². The van der Waals surface area contributed by atoms with Crippen LogP contribution in [0.4, 0.5) is 0 Å². The molecule has 1 aromatic heterocycles. The summed E-state index contributed by atoms with van der Waals surface area (Å²) in [6.45, 7) is 2.85. The van der Waals surface area contributed by atoms with Crippen LogP contribution in [0.1, 0.15) is 18.4 Å². The van der Waals surface area contributed by atoms with E-state index in [1.165, 1.54) is 12.8 Å². The molecule has 1 fully saturated rings. The number of hydrogen-bond donors (Lipinski definition) is 0. The fraction of sp³-hybridized carbons (Fsp3) is 0.250. The number of fused-ring (bicyclic) bond motifs is 1. The molecule has 0 atom stereocenters. The number of benzene rings is 2. The van der Waals surface area contributed by atoms with E-state index in [1.54, 1.807) is 0 Å². The van der Waals surface area contributed by atoms with Gasteiger partial charge in [0, 0.05) is 11.5 Å². The average Bonchev–Trinajstić information content (AvgIpc) is 3.39. The molecule has 3 aromatic rings. The third kappa shape index (κ3) is 3.29. The van der Waals surface area contributed by atoms with Gasteiger partial charge < -0.3 is 9.47 Å². The summed E-state index contributed by atoms with van der Waals surface area (Å²) in [4.78, 5) is 4.55. The highest BCUT2D eigenvalue weighted by atomic mass is 16.5.